The molecule has 10 heteroatoms. The Morgan fingerprint density at radius 1 is 1.06 bits per heavy atom. The molecule has 0 aliphatic carbocycles. The first-order valence-corrected chi connectivity index (χ1v) is 11.9. The van der Waals surface area contributed by atoms with Crippen LogP contribution >= 0.6 is 0 Å². The van der Waals surface area contributed by atoms with E-state index in [0.717, 1.165) is 11.3 Å². The number of nitrogens with one attached hydrogen (secondary N) is 1. The molecule has 0 bridgehead atoms. The Bertz CT molecular complexity index is 1150. The Labute approximate surface area is 193 Å². The fourth-order valence-electron chi connectivity index (χ4n) is 3.85. The Hall–Kier alpha value is -3.27. The van der Waals surface area contributed by atoms with Crippen LogP contribution in [-0.4, -0.2) is 53.4 Å². The van der Waals surface area contributed by atoms with Crippen molar-refractivity contribution < 1.29 is 32.2 Å². The third-order valence-corrected chi connectivity index (χ3v) is 7.74. The van der Waals surface area contributed by atoms with Crippen molar-refractivity contribution in [2.75, 3.05) is 38.1 Å². The number of fused-ring (bicyclic) bond motifs is 1. The molecule has 0 fully saturated rings. The fraction of sp³-hybridized carbons (Fsp3) is 0.391. The molecule has 1 N–H and O–H groups in total. The predicted octanol–water partition coefficient (Wildman–Crippen LogP) is 2.81. The second-order valence-corrected chi connectivity index (χ2v) is 10.1. The summed E-state index contributed by atoms with van der Waals surface area (Å²) in [5.74, 6) is 0.565. The Morgan fingerprint density at radius 3 is 2.24 bits per heavy atom. The van der Waals surface area contributed by atoms with Crippen LogP contribution in [0.5, 0.6) is 17.2 Å². The summed E-state index contributed by atoms with van der Waals surface area (Å²) in [6, 6.07) is 7.88. The summed E-state index contributed by atoms with van der Waals surface area (Å²) in [7, 11) is 0.643. The first kappa shape index (κ1) is 24.4. The van der Waals surface area contributed by atoms with Gasteiger partial charge < -0.3 is 24.4 Å². The van der Waals surface area contributed by atoms with Crippen molar-refractivity contribution in [2.45, 2.75) is 36.8 Å². The standard InChI is InChI=1S/C23H28N2O7S/c1-14(10-22(27)24-17-12-20(30-3)23(32-5)21(13-17)31-4)33(28,29)18-6-7-19-16(11-18)8-9-25(19)15(2)26/h6-7,11-14H,8-10H2,1-5H3,(H,24,27). The zero-order valence-electron chi connectivity index (χ0n) is 19.3. The highest BCUT2D eigenvalue weighted by atomic mass is 32.2. The zero-order chi connectivity index (χ0) is 24.3. The highest BCUT2D eigenvalue weighted by molar-refractivity contribution is 7.92. The highest BCUT2D eigenvalue weighted by Gasteiger charge is 2.29. The Balaban J connectivity index is 1.75. The van der Waals surface area contributed by atoms with Gasteiger partial charge in [-0.1, -0.05) is 0 Å². The summed E-state index contributed by atoms with van der Waals surface area (Å²) in [5.41, 5.74) is 1.93. The SMILES string of the molecule is COc1cc(NC(=O)CC(C)S(=O)(=O)c2ccc3c(c2)CCN3C(C)=O)cc(OC)c1OC. The van der Waals surface area contributed by atoms with Gasteiger partial charge in [-0.2, -0.15) is 0 Å². The van der Waals surface area contributed by atoms with Crippen LogP contribution < -0.4 is 24.4 Å². The molecule has 1 unspecified atom stereocenters. The minimum atomic E-state index is -3.76. The number of methoxy groups -OCH3 is 3. The molecule has 0 spiro atoms. The average Bonchev–Trinajstić information content (AvgIpc) is 3.21. The van der Waals surface area contributed by atoms with E-state index in [1.165, 1.54) is 41.2 Å². The number of hydrogen-bond donors (Lipinski definition) is 1. The number of ether oxygens (including phenoxy) is 3. The molecule has 1 heterocycles. The van der Waals surface area contributed by atoms with Crippen LogP contribution in [0.25, 0.3) is 0 Å². The van der Waals surface area contributed by atoms with Gasteiger partial charge in [-0.25, -0.2) is 8.42 Å². The van der Waals surface area contributed by atoms with E-state index in [1.807, 2.05) is 0 Å². The van der Waals surface area contributed by atoms with Gasteiger partial charge in [0.25, 0.3) is 0 Å². The molecule has 1 aliphatic heterocycles. The van der Waals surface area contributed by atoms with E-state index in [1.54, 1.807) is 29.2 Å². The molecule has 2 aromatic carbocycles. The lowest BCUT2D eigenvalue weighted by Gasteiger charge is -2.17. The molecule has 1 aliphatic rings. The van der Waals surface area contributed by atoms with Crippen molar-refractivity contribution in [2.24, 2.45) is 0 Å². The Morgan fingerprint density at radius 2 is 1.70 bits per heavy atom. The number of anilines is 2. The summed E-state index contributed by atoms with van der Waals surface area (Å²) >= 11 is 0. The summed E-state index contributed by atoms with van der Waals surface area (Å²) < 4.78 is 42.0. The van der Waals surface area contributed by atoms with Gasteiger partial charge in [-0.3, -0.25) is 9.59 Å². The molecule has 0 radical (unpaired) electrons. The molecule has 0 aromatic heterocycles. The zero-order valence-corrected chi connectivity index (χ0v) is 20.1. The van der Waals surface area contributed by atoms with Crippen molar-refractivity contribution in [1.82, 2.24) is 0 Å². The average molecular weight is 477 g/mol. The number of amides is 2. The third-order valence-electron chi connectivity index (χ3n) is 5.61. The van der Waals surface area contributed by atoms with Crippen LogP contribution in [-0.2, 0) is 25.8 Å². The molecule has 9 nitrogen and oxygen atoms in total. The van der Waals surface area contributed by atoms with Gasteiger partial charge in [0.2, 0.25) is 17.6 Å². The first-order chi connectivity index (χ1) is 15.6. The summed E-state index contributed by atoms with van der Waals surface area (Å²) in [6.45, 7) is 3.51. The molecule has 2 amide bonds. The van der Waals surface area contributed by atoms with E-state index < -0.39 is 21.0 Å². The summed E-state index contributed by atoms with van der Waals surface area (Å²) in [4.78, 5) is 26.1. The second-order valence-electron chi connectivity index (χ2n) is 7.73. The lowest BCUT2D eigenvalue weighted by atomic mass is 10.2. The fourth-order valence-corrected chi connectivity index (χ4v) is 5.25. The molecule has 3 rings (SSSR count). The largest absolute Gasteiger partial charge is 0.493 e. The van der Waals surface area contributed by atoms with Crippen LogP contribution in [0.4, 0.5) is 11.4 Å². The maximum absolute atomic E-state index is 13.1. The van der Waals surface area contributed by atoms with Gasteiger partial charge in [0.15, 0.2) is 21.3 Å². The molecule has 178 valence electrons. The van der Waals surface area contributed by atoms with Crippen molar-refractivity contribution >= 4 is 33.0 Å². The number of benzene rings is 2. The van der Waals surface area contributed by atoms with Crippen LogP contribution in [0, 0.1) is 0 Å². The van der Waals surface area contributed by atoms with E-state index in [4.69, 9.17) is 14.2 Å². The smallest absolute Gasteiger partial charge is 0.225 e. The lowest BCUT2D eigenvalue weighted by Crippen LogP contribution is -2.26. The molecular formula is C23H28N2O7S. The van der Waals surface area contributed by atoms with Gasteiger partial charge in [0.1, 0.15) is 0 Å². The Kier molecular flexibility index (Phi) is 7.16. The molecule has 0 saturated carbocycles. The topological polar surface area (TPSA) is 111 Å². The van der Waals surface area contributed by atoms with Crippen LogP contribution in [0.2, 0.25) is 0 Å². The highest BCUT2D eigenvalue weighted by Crippen LogP contribution is 2.40. The van der Waals surface area contributed by atoms with Crippen molar-refractivity contribution in [3.05, 3.63) is 35.9 Å². The van der Waals surface area contributed by atoms with E-state index in [-0.39, 0.29) is 17.2 Å². The van der Waals surface area contributed by atoms with Gasteiger partial charge in [0, 0.05) is 43.4 Å². The summed E-state index contributed by atoms with van der Waals surface area (Å²) in [6.07, 6.45) is 0.351. The number of carbonyl (C=O) groups excluding carboxylic acids is 2. The number of carbonyl (C=O) groups is 2. The number of hydrogen-bond acceptors (Lipinski definition) is 7. The van der Waals surface area contributed by atoms with E-state index in [0.29, 0.717) is 35.9 Å². The van der Waals surface area contributed by atoms with Crippen LogP contribution in [0.3, 0.4) is 0 Å². The van der Waals surface area contributed by atoms with E-state index in [2.05, 4.69) is 5.32 Å². The molecule has 1 atom stereocenters. The molecule has 2 aromatic rings. The minimum absolute atomic E-state index is 0.0822. The summed E-state index contributed by atoms with van der Waals surface area (Å²) in [5, 5.41) is 1.74. The quantitative estimate of drug-likeness (QED) is 0.624. The maximum atomic E-state index is 13.1. The normalized spacial score (nSPS) is 13.8. The van der Waals surface area contributed by atoms with E-state index >= 15 is 0 Å². The molecular weight excluding hydrogens is 448 g/mol. The maximum Gasteiger partial charge on any atom is 0.225 e. The van der Waals surface area contributed by atoms with Crippen LogP contribution in [0.1, 0.15) is 25.8 Å². The van der Waals surface area contributed by atoms with Gasteiger partial charge in [-0.05, 0) is 37.1 Å². The van der Waals surface area contributed by atoms with Crippen molar-refractivity contribution in [3.63, 3.8) is 0 Å². The van der Waals surface area contributed by atoms with Gasteiger partial charge in [-0.15, -0.1) is 0 Å². The number of rotatable bonds is 8. The van der Waals surface area contributed by atoms with Gasteiger partial charge >= 0.3 is 0 Å². The molecule has 0 saturated heterocycles. The number of nitrogens with zero attached hydrogens (tertiary/aromatic N) is 1. The monoisotopic (exact) mass is 476 g/mol. The predicted molar refractivity (Wildman–Crippen MR) is 124 cm³/mol. The second kappa shape index (κ2) is 9.70. The van der Waals surface area contributed by atoms with Gasteiger partial charge in [0.05, 0.1) is 31.5 Å². The van der Waals surface area contributed by atoms with Crippen LogP contribution in [0.15, 0.2) is 35.2 Å². The lowest BCUT2D eigenvalue weighted by molar-refractivity contribution is -0.117. The third kappa shape index (κ3) is 4.90. The molecule has 33 heavy (non-hydrogen) atoms. The van der Waals surface area contributed by atoms with Crippen molar-refractivity contribution in [3.8, 4) is 17.2 Å². The number of sulfone groups is 1. The minimum Gasteiger partial charge on any atom is -0.493 e. The van der Waals surface area contributed by atoms with E-state index in [9.17, 15) is 18.0 Å². The van der Waals surface area contributed by atoms with Crippen molar-refractivity contribution in [1.29, 1.82) is 0 Å². The first-order valence-electron chi connectivity index (χ1n) is 10.4.